The zero-order valence-corrected chi connectivity index (χ0v) is 11.1. The van der Waals surface area contributed by atoms with E-state index in [4.69, 9.17) is 11.6 Å². The molecule has 2 N–H and O–H groups in total. The Balaban J connectivity index is 1.71. The molecule has 1 amide bonds. The molecular formula is C12H12ClN3OS. The first kappa shape index (κ1) is 11.7. The molecule has 4 nitrogen and oxygen atoms in total. The fourth-order valence-electron chi connectivity index (χ4n) is 2.03. The van der Waals surface area contributed by atoms with E-state index >= 15 is 0 Å². The number of anilines is 1. The van der Waals surface area contributed by atoms with Crippen molar-refractivity contribution in [3.63, 3.8) is 0 Å². The number of aromatic nitrogens is 1. The predicted molar refractivity (Wildman–Crippen MR) is 74.3 cm³/mol. The van der Waals surface area contributed by atoms with Crippen LogP contribution >= 0.6 is 22.9 Å². The Morgan fingerprint density at radius 1 is 1.56 bits per heavy atom. The van der Waals surface area contributed by atoms with E-state index < -0.39 is 0 Å². The molecule has 1 aliphatic rings. The first-order chi connectivity index (χ1) is 8.72. The van der Waals surface area contributed by atoms with Crippen LogP contribution in [0, 0.1) is 0 Å². The molecule has 1 fully saturated rings. The Labute approximate surface area is 113 Å². The maximum atomic E-state index is 11.1. The number of thiazole rings is 1. The average molecular weight is 282 g/mol. The van der Waals surface area contributed by atoms with Crippen molar-refractivity contribution < 1.29 is 4.79 Å². The second kappa shape index (κ2) is 4.74. The van der Waals surface area contributed by atoms with Crippen LogP contribution in [0.15, 0.2) is 18.2 Å². The van der Waals surface area contributed by atoms with Gasteiger partial charge in [-0.3, -0.25) is 4.79 Å². The summed E-state index contributed by atoms with van der Waals surface area (Å²) in [5, 5.41) is 7.75. The minimum absolute atomic E-state index is 0.133. The molecule has 1 unspecified atom stereocenters. The van der Waals surface area contributed by atoms with Crippen molar-refractivity contribution in [1.82, 2.24) is 10.3 Å². The summed E-state index contributed by atoms with van der Waals surface area (Å²) in [4.78, 5) is 15.5. The van der Waals surface area contributed by atoms with Crippen molar-refractivity contribution in [1.29, 1.82) is 0 Å². The van der Waals surface area contributed by atoms with Crippen LogP contribution < -0.4 is 10.6 Å². The van der Waals surface area contributed by atoms with E-state index in [0.717, 1.165) is 26.8 Å². The molecule has 1 atom stereocenters. The van der Waals surface area contributed by atoms with Crippen molar-refractivity contribution in [2.24, 2.45) is 0 Å². The lowest BCUT2D eigenvalue weighted by Crippen LogP contribution is -2.31. The monoisotopic (exact) mass is 281 g/mol. The third kappa shape index (κ3) is 2.28. The maximum absolute atomic E-state index is 11.1. The molecule has 18 heavy (non-hydrogen) atoms. The summed E-state index contributed by atoms with van der Waals surface area (Å²) < 4.78 is 0.997. The molecule has 1 aliphatic heterocycles. The van der Waals surface area contributed by atoms with Crippen LogP contribution in [0.25, 0.3) is 10.2 Å². The molecule has 2 aromatic rings. The Morgan fingerprint density at radius 2 is 2.44 bits per heavy atom. The van der Waals surface area contributed by atoms with Gasteiger partial charge in [0.2, 0.25) is 5.91 Å². The molecule has 0 bridgehead atoms. The van der Waals surface area contributed by atoms with Gasteiger partial charge in [-0.2, -0.15) is 0 Å². The summed E-state index contributed by atoms with van der Waals surface area (Å²) in [6.45, 7) is 0.711. The van der Waals surface area contributed by atoms with Crippen molar-refractivity contribution in [3.05, 3.63) is 23.2 Å². The van der Waals surface area contributed by atoms with Crippen LogP contribution in [-0.2, 0) is 4.79 Å². The first-order valence-corrected chi connectivity index (χ1v) is 7.00. The Hall–Kier alpha value is -1.33. The highest BCUT2D eigenvalue weighted by Gasteiger charge is 2.20. The topological polar surface area (TPSA) is 54.0 Å². The van der Waals surface area contributed by atoms with Gasteiger partial charge in [0.1, 0.15) is 0 Å². The fourth-order valence-corrected chi connectivity index (χ4v) is 3.19. The molecule has 1 aromatic carbocycles. The van der Waals surface area contributed by atoms with Crippen molar-refractivity contribution in [3.8, 4) is 0 Å². The molecule has 0 radical (unpaired) electrons. The van der Waals surface area contributed by atoms with Crippen LogP contribution in [0.3, 0.4) is 0 Å². The van der Waals surface area contributed by atoms with Gasteiger partial charge in [0, 0.05) is 19.0 Å². The number of hydrogen-bond acceptors (Lipinski definition) is 4. The molecule has 1 aromatic heterocycles. The van der Waals surface area contributed by atoms with Crippen LogP contribution in [0.5, 0.6) is 0 Å². The lowest BCUT2D eigenvalue weighted by molar-refractivity contribution is -0.119. The van der Waals surface area contributed by atoms with Crippen molar-refractivity contribution in [2.45, 2.75) is 18.9 Å². The summed E-state index contributed by atoms with van der Waals surface area (Å²) in [6, 6.07) is 5.91. The summed E-state index contributed by atoms with van der Waals surface area (Å²) in [6.07, 6.45) is 1.51. The number of rotatable bonds is 3. The fraction of sp³-hybridized carbons (Fsp3) is 0.333. The lowest BCUT2D eigenvalue weighted by atomic mass is 10.2. The van der Waals surface area contributed by atoms with E-state index in [0.29, 0.717) is 13.0 Å². The Bertz CT molecular complexity index is 598. The second-order valence-corrected chi connectivity index (χ2v) is 5.70. The molecule has 94 valence electrons. The van der Waals surface area contributed by atoms with Gasteiger partial charge in [0.25, 0.3) is 0 Å². The number of carbonyl (C=O) groups is 1. The average Bonchev–Trinajstić information content (AvgIpc) is 2.93. The zero-order chi connectivity index (χ0) is 12.5. The molecule has 0 saturated carbocycles. The van der Waals surface area contributed by atoms with Crippen molar-refractivity contribution in [2.75, 3.05) is 11.9 Å². The number of fused-ring (bicyclic) bond motifs is 1. The molecule has 2 heterocycles. The third-order valence-corrected chi connectivity index (χ3v) is 4.44. The smallest absolute Gasteiger partial charge is 0.220 e. The summed E-state index contributed by atoms with van der Waals surface area (Å²) in [5.74, 6) is 0.133. The highest BCUT2D eigenvalue weighted by molar-refractivity contribution is 7.22. The van der Waals surface area contributed by atoms with Gasteiger partial charge in [-0.25, -0.2) is 4.98 Å². The van der Waals surface area contributed by atoms with Gasteiger partial charge in [0.15, 0.2) is 5.13 Å². The van der Waals surface area contributed by atoms with E-state index in [1.54, 1.807) is 11.3 Å². The summed E-state index contributed by atoms with van der Waals surface area (Å²) >= 11 is 7.64. The van der Waals surface area contributed by atoms with E-state index in [2.05, 4.69) is 15.6 Å². The minimum Gasteiger partial charge on any atom is -0.359 e. The van der Waals surface area contributed by atoms with Crippen LogP contribution in [0.2, 0.25) is 5.02 Å². The van der Waals surface area contributed by atoms with Gasteiger partial charge in [-0.05, 0) is 18.6 Å². The first-order valence-electron chi connectivity index (χ1n) is 5.80. The second-order valence-electron chi connectivity index (χ2n) is 4.29. The summed E-state index contributed by atoms with van der Waals surface area (Å²) in [7, 11) is 0. The third-order valence-electron chi connectivity index (χ3n) is 2.95. The van der Waals surface area contributed by atoms with E-state index in [1.165, 1.54) is 0 Å². The predicted octanol–water partition coefficient (Wildman–Crippen LogP) is 2.64. The van der Waals surface area contributed by atoms with Crippen molar-refractivity contribution >= 4 is 44.2 Å². The number of amides is 1. The van der Waals surface area contributed by atoms with Gasteiger partial charge in [-0.15, -0.1) is 0 Å². The molecule has 0 spiro atoms. The highest BCUT2D eigenvalue weighted by Crippen LogP contribution is 2.31. The van der Waals surface area contributed by atoms with Gasteiger partial charge >= 0.3 is 0 Å². The standard InChI is InChI=1S/C12H12ClN3OS/c13-8-2-1-3-9-11(8)18-12(16-9)14-6-7-4-5-10(17)15-7/h1-3,7H,4-6H2,(H,14,16)(H,15,17). The number of halogens is 1. The van der Waals surface area contributed by atoms with Crippen LogP contribution in [0.4, 0.5) is 5.13 Å². The Morgan fingerprint density at radius 3 is 3.17 bits per heavy atom. The molecule has 0 aliphatic carbocycles. The molecule has 6 heteroatoms. The quantitative estimate of drug-likeness (QED) is 0.909. The normalized spacial score (nSPS) is 19.2. The number of hydrogen-bond donors (Lipinski definition) is 2. The highest BCUT2D eigenvalue weighted by atomic mass is 35.5. The number of carbonyl (C=O) groups excluding carboxylic acids is 1. The van der Waals surface area contributed by atoms with E-state index in [9.17, 15) is 4.79 Å². The number of nitrogens with zero attached hydrogens (tertiary/aromatic N) is 1. The van der Waals surface area contributed by atoms with Gasteiger partial charge in [0.05, 0.1) is 15.2 Å². The largest absolute Gasteiger partial charge is 0.359 e. The van der Waals surface area contributed by atoms with E-state index in [1.807, 2.05) is 18.2 Å². The van der Waals surface area contributed by atoms with Gasteiger partial charge < -0.3 is 10.6 Å². The minimum atomic E-state index is 0.133. The van der Waals surface area contributed by atoms with E-state index in [-0.39, 0.29) is 11.9 Å². The molecule has 3 rings (SSSR count). The lowest BCUT2D eigenvalue weighted by Gasteiger charge is -2.09. The number of nitrogens with one attached hydrogen (secondary N) is 2. The number of benzene rings is 1. The SMILES string of the molecule is O=C1CCC(CNc2nc3cccc(Cl)c3s2)N1. The Kier molecular flexibility index (Phi) is 3.09. The van der Waals surface area contributed by atoms with Crippen LogP contribution in [-0.4, -0.2) is 23.5 Å². The maximum Gasteiger partial charge on any atom is 0.220 e. The molecular weight excluding hydrogens is 270 g/mol. The van der Waals surface area contributed by atoms with Crippen LogP contribution in [0.1, 0.15) is 12.8 Å². The molecule has 1 saturated heterocycles. The summed E-state index contributed by atoms with van der Waals surface area (Å²) in [5.41, 5.74) is 0.908. The zero-order valence-electron chi connectivity index (χ0n) is 9.57. The van der Waals surface area contributed by atoms with Gasteiger partial charge in [-0.1, -0.05) is 29.0 Å².